The number of hydrogen-bond acceptors (Lipinski definition) is 6. The summed E-state index contributed by atoms with van der Waals surface area (Å²) in [6, 6.07) is 0. The van der Waals surface area contributed by atoms with E-state index in [1.165, 1.54) is 0 Å². The van der Waals surface area contributed by atoms with Crippen LogP contribution in [0, 0.1) is 20.2 Å². The third-order valence-electron chi connectivity index (χ3n) is 3.64. The van der Waals surface area contributed by atoms with E-state index in [-0.39, 0.29) is 22.9 Å². The number of nitrogens with two attached hydrogens (primary N) is 1. The van der Waals surface area contributed by atoms with Crippen molar-refractivity contribution in [2.24, 2.45) is 5.73 Å². The van der Waals surface area contributed by atoms with Gasteiger partial charge in [0.1, 0.15) is 0 Å². The molecule has 0 spiro atoms. The smallest absolute Gasteiger partial charge is 0.229 e. The minimum absolute atomic E-state index is 0.203. The van der Waals surface area contributed by atoms with Gasteiger partial charge in [0.2, 0.25) is 11.1 Å². The second kappa shape index (κ2) is 8.99. The molecule has 0 aromatic carbocycles. The van der Waals surface area contributed by atoms with Crippen LogP contribution in [0.5, 0.6) is 0 Å². The van der Waals surface area contributed by atoms with Crippen molar-refractivity contribution in [1.29, 1.82) is 0 Å². The van der Waals surface area contributed by atoms with Crippen molar-refractivity contribution < 1.29 is 9.85 Å². The predicted molar refractivity (Wildman–Crippen MR) is 86.1 cm³/mol. The third kappa shape index (κ3) is 7.65. The molecule has 0 rings (SSSR count). The van der Waals surface area contributed by atoms with E-state index >= 15 is 0 Å². The van der Waals surface area contributed by atoms with Crippen molar-refractivity contribution in [3.05, 3.63) is 20.2 Å². The maximum atomic E-state index is 11.1. The maximum Gasteiger partial charge on any atom is 0.229 e. The van der Waals surface area contributed by atoms with Crippen molar-refractivity contribution in [3.63, 3.8) is 0 Å². The fraction of sp³-hybridized carbons (Fsp3) is 1.00. The van der Waals surface area contributed by atoms with E-state index in [9.17, 15) is 20.2 Å². The Kier molecular flexibility index (Phi) is 8.47. The van der Waals surface area contributed by atoms with Crippen LogP contribution in [0.25, 0.3) is 0 Å². The molecule has 22 heavy (non-hydrogen) atoms. The minimum atomic E-state index is -1.12. The molecule has 0 radical (unpaired) electrons. The van der Waals surface area contributed by atoms with Gasteiger partial charge in [-0.2, -0.15) is 0 Å². The zero-order chi connectivity index (χ0) is 17.4. The molecule has 0 saturated carbocycles. The van der Waals surface area contributed by atoms with Gasteiger partial charge in [0.15, 0.2) is 0 Å². The topological polar surface area (TPSA) is 116 Å². The van der Waals surface area contributed by atoms with E-state index in [0.29, 0.717) is 13.1 Å². The lowest BCUT2D eigenvalue weighted by Crippen LogP contribution is -2.51. The van der Waals surface area contributed by atoms with Gasteiger partial charge in [0.25, 0.3) is 0 Å². The van der Waals surface area contributed by atoms with Crippen LogP contribution in [-0.2, 0) is 0 Å². The number of hydrogen-bond donors (Lipinski definition) is 1. The summed E-state index contributed by atoms with van der Waals surface area (Å²) >= 11 is 0. The monoisotopic (exact) mass is 318 g/mol. The zero-order valence-corrected chi connectivity index (χ0v) is 14.2. The molecule has 2 N–H and O–H groups in total. The van der Waals surface area contributed by atoms with E-state index in [0.717, 1.165) is 25.7 Å². The molecule has 0 aliphatic rings. The van der Waals surface area contributed by atoms with Crippen LogP contribution in [0.2, 0.25) is 0 Å². The van der Waals surface area contributed by atoms with Crippen LogP contribution in [0.4, 0.5) is 0 Å². The van der Waals surface area contributed by atoms with Gasteiger partial charge >= 0.3 is 0 Å². The average molecular weight is 318 g/mol. The van der Waals surface area contributed by atoms with Gasteiger partial charge in [-0.25, -0.2) is 0 Å². The first-order valence-electron chi connectivity index (χ1n) is 7.74. The van der Waals surface area contributed by atoms with E-state index < -0.39 is 11.1 Å². The first-order valence-corrected chi connectivity index (χ1v) is 7.74. The Labute approximate surface area is 132 Å². The molecular formula is C14H30N4O4. The van der Waals surface area contributed by atoms with Crippen molar-refractivity contribution in [1.82, 2.24) is 4.90 Å². The summed E-state index contributed by atoms with van der Waals surface area (Å²) in [7, 11) is 0. The molecule has 0 bridgehead atoms. The normalized spacial score (nSPS) is 12.6. The summed E-state index contributed by atoms with van der Waals surface area (Å²) in [5.74, 6) is 0. The van der Waals surface area contributed by atoms with E-state index in [1.54, 1.807) is 27.7 Å². The van der Waals surface area contributed by atoms with E-state index in [4.69, 9.17) is 5.73 Å². The van der Waals surface area contributed by atoms with Crippen LogP contribution in [0.15, 0.2) is 0 Å². The molecule has 0 heterocycles. The molecule has 8 nitrogen and oxygen atoms in total. The van der Waals surface area contributed by atoms with Gasteiger partial charge in [-0.3, -0.25) is 25.1 Å². The molecule has 0 aromatic heterocycles. The summed E-state index contributed by atoms with van der Waals surface area (Å²) < 4.78 is 0. The van der Waals surface area contributed by atoms with E-state index in [2.05, 4.69) is 0 Å². The lowest BCUT2D eigenvalue weighted by Gasteiger charge is -2.30. The molecule has 0 atom stereocenters. The van der Waals surface area contributed by atoms with Crippen LogP contribution >= 0.6 is 0 Å². The Morgan fingerprint density at radius 3 is 1.64 bits per heavy atom. The molecular weight excluding hydrogens is 288 g/mol. The van der Waals surface area contributed by atoms with Gasteiger partial charge in [-0.1, -0.05) is 12.8 Å². The Hall–Kier alpha value is -1.28. The lowest BCUT2D eigenvalue weighted by atomic mass is 10.0. The Balaban J connectivity index is 4.70. The molecule has 0 fully saturated rings. The summed E-state index contributed by atoms with van der Waals surface area (Å²) in [6.45, 7) is 7.89. The van der Waals surface area contributed by atoms with Crippen LogP contribution in [-0.4, -0.2) is 52.0 Å². The fourth-order valence-electron chi connectivity index (χ4n) is 2.26. The van der Waals surface area contributed by atoms with Crippen LogP contribution in [0.1, 0.15) is 53.4 Å². The van der Waals surface area contributed by atoms with Gasteiger partial charge in [-0.15, -0.1) is 0 Å². The number of nitro groups is 2. The SMILES string of the molecule is CC(C)(CN(CCCCCCN)CC(C)(C)[N+](=O)[O-])[N+](=O)[O-]. The second-order valence-corrected chi connectivity index (χ2v) is 7.05. The molecule has 130 valence electrons. The first kappa shape index (κ1) is 20.7. The third-order valence-corrected chi connectivity index (χ3v) is 3.64. The minimum Gasteiger partial charge on any atom is -0.330 e. The largest absolute Gasteiger partial charge is 0.330 e. The Bertz CT molecular complexity index is 344. The van der Waals surface area contributed by atoms with Crippen LogP contribution < -0.4 is 5.73 Å². The van der Waals surface area contributed by atoms with E-state index in [1.807, 2.05) is 4.90 Å². The van der Waals surface area contributed by atoms with Crippen molar-refractivity contribution in [2.75, 3.05) is 26.2 Å². The molecule has 0 aliphatic heterocycles. The van der Waals surface area contributed by atoms with Gasteiger partial charge in [0.05, 0.1) is 13.1 Å². The number of nitrogens with zero attached hydrogens (tertiary/aromatic N) is 3. The number of rotatable bonds is 12. The van der Waals surface area contributed by atoms with Crippen LogP contribution in [0.3, 0.4) is 0 Å². The highest BCUT2D eigenvalue weighted by atomic mass is 16.6. The summed E-state index contributed by atoms with van der Waals surface area (Å²) in [4.78, 5) is 23.4. The number of unbranched alkanes of at least 4 members (excludes halogenated alkanes) is 3. The lowest BCUT2D eigenvalue weighted by molar-refractivity contribution is -0.569. The fourth-order valence-corrected chi connectivity index (χ4v) is 2.26. The highest BCUT2D eigenvalue weighted by Gasteiger charge is 2.38. The molecule has 0 unspecified atom stereocenters. The molecule has 8 heteroatoms. The molecule has 0 saturated heterocycles. The summed E-state index contributed by atoms with van der Waals surface area (Å²) in [5, 5.41) is 22.2. The summed E-state index contributed by atoms with van der Waals surface area (Å²) in [6.07, 6.45) is 3.81. The molecule has 0 amide bonds. The van der Waals surface area contributed by atoms with Gasteiger partial charge < -0.3 is 5.73 Å². The first-order chi connectivity index (χ1) is 10.0. The average Bonchev–Trinajstić information content (AvgIpc) is 2.37. The zero-order valence-electron chi connectivity index (χ0n) is 14.2. The van der Waals surface area contributed by atoms with Crippen molar-refractivity contribution in [2.45, 2.75) is 64.5 Å². The highest BCUT2D eigenvalue weighted by Crippen LogP contribution is 2.16. The Morgan fingerprint density at radius 1 is 0.864 bits per heavy atom. The standard InChI is InChI=1S/C14H30N4O4/c1-13(2,17(19)20)11-16(10-8-6-5-7-9-15)12-14(3,4)18(21)22/h5-12,15H2,1-4H3. The van der Waals surface area contributed by atoms with Gasteiger partial charge in [-0.05, 0) is 25.9 Å². The quantitative estimate of drug-likeness (QED) is 0.334. The van der Waals surface area contributed by atoms with Crippen molar-refractivity contribution in [3.8, 4) is 0 Å². The molecule has 0 aliphatic carbocycles. The second-order valence-electron chi connectivity index (χ2n) is 7.05. The van der Waals surface area contributed by atoms with Gasteiger partial charge in [0, 0.05) is 37.5 Å². The predicted octanol–water partition coefficient (Wildman–Crippen LogP) is 1.92. The molecule has 0 aromatic rings. The van der Waals surface area contributed by atoms with Crippen molar-refractivity contribution >= 4 is 0 Å². The maximum absolute atomic E-state index is 11.1. The summed E-state index contributed by atoms with van der Waals surface area (Å²) in [5.41, 5.74) is 3.20. The Morgan fingerprint density at radius 2 is 1.27 bits per heavy atom. The highest BCUT2D eigenvalue weighted by molar-refractivity contribution is 4.79.